The van der Waals surface area contributed by atoms with Gasteiger partial charge in [0.2, 0.25) is 0 Å². The molecule has 0 aliphatic carbocycles. The van der Waals surface area contributed by atoms with E-state index in [0.717, 1.165) is 36.5 Å². The summed E-state index contributed by atoms with van der Waals surface area (Å²) in [5, 5.41) is 9.95. The predicted octanol–water partition coefficient (Wildman–Crippen LogP) is 4.12. The number of halogens is 1. The molecule has 1 saturated heterocycles. The Labute approximate surface area is 132 Å². The molecule has 1 aliphatic rings. The normalized spacial score (nSPS) is 19.0. The summed E-state index contributed by atoms with van der Waals surface area (Å²) in [6.45, 7) is 1.58. The number of hydrogen-bond acceptors (Lipinski definition) is 3. The lowest BCUT2D eigenvalue weighted by atomic mass is 10.2. The van der Waals surface area contributed by atoms with Gasteiger partial charge in [-0.15, -0.1) is 11.3 Å². The van der Waals surface area contributed by atoms with Gasteiger partial charge in [0, 0.05) is 21.3 Å². The Bertz CT molecular complexity index is 638. The van der Waals surface area contributed by atoms with Crippen molar-refractivity contribution in [1.29, 1.82) is 0 Å². The Morgan fingerprint density at radius 2 is 2.05 bits per heavy atom. The molecular formula is C16H16ClNO2S. The predicted molar refractivity (Wildman–Crippen MR) is 85.8 cm³/mol. The number of aliphatic carboxylic acids is 1. The molecule has 21 heavy (non-hydrogen) atoms. The second-order valence-electron chi connectivity index (χ2n) is 5.24. The average Bonchev–Trinajstić information content (AvgIpc) is 3.09. The number of benzene rings is 1. The van der Waals surface area contributed by atoms with Crippen molar-refractivity contribution < 1.29 is 9.90 Å². The molecule has 2 heterocycles. The zero-order chi connectivity index (χ0) is 14.8. The van der Waals surface area contributed by atoms with Crippen molar-refractivity contribution in [2.24, 2.45) is 0 Å². The van der Waals surface area contributed by atoms with Crippen LogP contribution in [0.3, 0.4) is 0 Å². The van der Waals surface area contributed by atoms with E-state index in [1.807, 2.05) is 24.3 Å². The van der Waals surface area contributed by atoms with Crippen LogP contribution in [0.1, 0.15) is 17.7 Å². The maximum absolute atomic E-state index is 11.2. The van der Waals surface area contributed by atoms with Crippen LogP contribution in [0.2, 0.25) is 5.02 Å². The minimum atomic E-state index is -0.706. The monoisotopic (exact) mass is 321 g/mol. The Hall–Kier alpha value is -1.36. The average molecular weight is 322 g/mol. The van der Waals surface area contributed by atoms with Gasteiger partial charge in [0.05, 0.1) is 0 Å². The molecule has 0 amide bonds. The van der Waals surface area contributed by atoms with E-state index in [9.17, 15) is 9.90 Å². The van der Waals surface area contributed by atoms with Gasteiger partial charge in [0.1, 0.15) is 6.04 Å². The zero-order valence-corrected chi connectivity index (χ0v) is 13.0. The molecule has 0 bridgehead atoms. The number of hydrogen-bond donors (Lipinski definition) is 1. The number of carboxylic acids is 1. The number of likely N-dealkylation sites (tertiary alicyclic amines) is 1. The highest BCUT2D eigenvalue weighted by atomic mass is 35.5. The van der Waals surface area contributed by atoms with E-state index in [0.29, 0.717) is 0 Å². The van der Waals surface area contributed by atoms with Crippen molar-refractivity contribution in [3.63, 3.8) is 0 Å². The van der Waals surface area contributed by atoms with Gasteiger partial charge in [-0.3, -0.25) is 9.69 Å². The molecule has 1 atom stereocenters. The molecule has 3 nitrogen and oxygen atoms in total. The maximum atomic E-state index is 11.2. The SMILES string of the molecule is O=C(O)C1CCCN1Cc1ccc(-c2ccc(Cl)cc2)s1. The van der Waals surface area contributed by atoms with Crippen LogP contribution in [-0.2, 0) is 11.3 Å². The topological polar surface area (TPSA) is 40.5 Å². The van der Waals surface area contributed by atoms with Gasteiger partial charge in [0.25, 0.3) is 0 Å². The van der Waals surface area contributed by atoms with E-state index >= 15 is 0 Å². The molecule has 0 spiro atoms. The molecular weight excluding hydrogens is 306 g/mol. The second-order valence-corrected chi connectivity index (χ2v) is 6.84. The van der Waals surface area contributed by atoms with E-state index in [1.165, 1.54) is 9.75 Å². The summed E-state index contributed by atoms with van der Waals surface area (Å²) in [7, 11) is 0. The molecule has 1 unspecified atom stereocenters. The minimum Gasteiger partial charge on any atom is -0.480 e. The summed E-state index contributed by atoms with van der Waals surface area (Å²) in [5.74, 6) is -0.706. The van der Waals surface area contributed by atoms with Crippen molar-refractivity contribution in [3.8, 4) is 10.4 Å². The molecule has 2 aromatic rings. The van der Waals surface area contributed by atoms with Crippen LogP contribution in [0, 0.1) is 0 Å². The van der Waals surface area contributed by atoms with Gasteiger partial charge in [-0.25, -0.2) is 0 Å². The Kier molecular flexibility index (Phi) is 4.29. The summed E-state index contributed by atoms with van der Waals surface area (Å²) >= 11 is 7.62. The highest BCUT2D eigenvalue weighted by Gasteiger charge is 2.30. The quantitative estimate of drug-likeness (QED) is 0.921. The minimum absolute atomic E-state index is 0.328. The van der Waals surface area contributed by atoms with Gasteiger partial charge < -0.3 is 5.11 Å². The van der Waals surface area contributed by atoms with Crippen LogP contribution in [0.4, 0.5) is 0 Å². The zero-order valence-electron chi connectivity index (χ0n) is 11.5. The molecule has 0 radical (unpaired) electrons. The first-order valence-electron chi connectivity index (χ1n) is 6.95. The summed E-state index contributed by atoms with van der Waals surface area (Å²) in [5.41, 5.74) is 1.15. The Morgan fingerprint density at radius 1 is 1.29 bits per heavy atom. The fourth-order valence-electron chi connectivity index (χ4n) is 2.73. The van der Waals surface area contributed by atoms with Crippen LogP contribution < -0.4 is 0 Å². The van der Waals surface area contributed by atoms with E-state index < -0.39 is 5.97 Å². The fourth-order valence-corrected chi connectivity index (χ4v) is 3.89. The largest absolute Gasteiger partial charge is 0.480 e. The van der Waals surface area contributed by atoms with E-state index in [4.69, 9.17) is 11.6 Å². The van der Waals surface area contributed by atoms with Gasteiger partial charge in [-0.05, 0) is 49.2 Å². The van der Waals surface area contributed by atoms with E-state index in [2.05, 4.69) is 17.0 Å². The summed E-state index contributed by atoms with van der Waals surface area (Å²) in [6.07, 6.45) is 1.72. The lowest BCUT2D eigenvalue weighted by Crippen LogP contribution is -2.35. The molecule has 1 aromatic heterocycles. The number of carbonyl (C=O) groups is 1. The van der Waals surface area contributed by atoms with Gasteiger partial charge >= 0.3 is 5.97 Å². The molecule has 1 N–H and O–H groups in total. The lowest BCUT2D eigenvalue weighted by molar-refractivity contribution is -0.142. The first-order valence-corrected chi connectivity index (χ1v) is 8.14. The first-order chi connectivity index (χ1) is 10.1. The van der Waals surface area contributed by atoms with Crippen LogP contribution >= 0.6 is 22.9 Å². The van der Waals surface area contributed by atoms with Crippen molar-refractivity contribution >= 4 is 28.9 Å². The highest BCUT2D eigenvalue weighted by molar-refractivity contribution is 7.15. The first kappa shape index (κ1) is 14.6. The number of nitrogens with zero attached hydrogens (tertiary/aromatic N) is 1. The fraction of sp³-hybridized carbons (Fsp3) is 0.312. The highest BCUT2D eigenvalue weighted by Crippen LogP contribution is 2.31. The van der Waals surface area contributed by atoms with Crippen molar-refractivity contribution in [2.75, 3.05) is 6.54 Å². The number of carboxylic acid groups (broad SMARTS) is 1. The molecule has 0 saturated carbocycles. The molecule has 1 fully saturated rings. The Balaban J connectivity index is 1.73. The molecule has 110 valence electrons. The van der Waals surface area contributed by atoms with Crippen LogP contribution in [0.5, 0.6) is 0 Å². The van der Waals surface area contributed by atoms with Crippen LogP contribution in [0.25, 0.3) is 10.4 Å². The van der Waals surface area contributed by atoms with E-state index in [-0.39, 0.29) is 6.04 Å². The smallest absolute Gasteiger partial charge is 0.320 e. The standard InChI is InChI=1S/C16H16ClNO2S/c17-12-5-3-11(4-6-12)15-8-7-13(21-15)10-18-9-1-2-14(18)16(19)20/h3-8,14H,1-2,9-10H2,(H,19,20). The third-order valence-electron chi connectivity index (χ3n) is 3.80. The van der Waals surface area contributed by atoms with Crippen molar-refractivity contribution in [1.82, 2.24) is 4.90 Å². The third-order valence-corrected chi connectivity index (χ3v) is 5.17. The molecule has 5 heteroatoms. The van der Waals surface area contributed by atoms with Gasteiger partial charge in [-0.1, -0.05) is 23.7 Å². The van der Waals surface area contributed by atoms with E-state index in [1.54, 1.807) is 11.3 Å². The van der Waals surface area contributed by atoms with Crippen molar-refractivity contribution in [2.45, 2.75) is 25.4 Å². The maximum Gasteiger partial charge on any atom is 0.320 e. The number of rotatable bonds is 4. The molecule has 1 aliphatic heterocycles. The van der Waals surface area contributed by atoms with Gasteiger partial charge in [-0.2, -0.15) is 0 Å². The molecule has 3 rings (SSSR count). The number of thiophene rings is 1. The summed E-state index contributed by atoms with van der Waals surface area (Å²) < 4.78 is 0. The van der Waals surface area contributed by atoms with Crippen LogP contribution in [-0.4, -0.2) is 28.6 Å². The Morgan fingerprint density at radius 3 is 2.76 bits per heavy atom. The van der Waals surface area contributed by atoms with Crippen molar-refractivity contribution in [3.05, 3.63) is 46.3 Å². The summed E-state index contributed by atoms with van der Waals surface area (Å²) in [4.78, 5) is 15.7. The second kappa shape index (κ2) is 6.18. The van der Waals surface area contributed by atoms with Crippen LogP contribution in [0.15, 0.2) is 36.4 Å². The summed E-state index contributed by atoms with van der Waals surface area (Å²) in [6, 6.07) is 11.6. The lowest BCUT2D eigenvalue weighted by Gasteiger charge is -2.19. The van der Waals surface area contributed by atoms with Gasteiger partial charge in [0.15, 0.2) is 0 Å². The third kappa shape index (κ3) is 3.28. The molecule has 1 aromatic carbocycles.